The van der Waals surface area contributed by atoms with Crippen molar-refractivity contribution in [2.45, 2.75) is 32.3 Å². The van der Waals surface area contributed by atoms with Gasteiger partial charge in [-0.3, -0.25) is 4.79 Å². The second kappa shape index (κ2) is 7.48. The quantitative estimate of drug-likeness (QED) is 0.846. The van der Waals surface area contributed by atoms with Gasteiger partial charge in [-0.1, -0.05) is 22.9 Å². The van der Waals surface area contributed by atoms with Gasteiger partial charge in [0.2, 0.25) is 5.91 Å². The van der Waals surface area contributed by atoms with Crippen LogP contribution in [0.5, 0.6) is 0 Å². The van der Waals surface area contributed by atoms with Crippen molar-refractivity contribution in [1.82, 2.24) is 5.32 Å². The Morgan fingerprint density at radius 1 is 1.56 bits per heavy atom. The highest BCUT2D eigenvalue weighted by Gasteiger charge is 2.08. The highest BCUT2D eigenvalue weighted by atomic mass is 79.9. The lowest BCUT2D eigenvalue weighted by Gasteiger charge is -2.09. The van der Waals surface area contributed by atoms with Gasteiger partial charge < -0.3 is 10.4 Å². The molecule has 1 amide bonds. The van der Waals surface area contributed by atoms with Crippen LogP contribution in [0.1, 0.15) is 25.3 Å². The van der Waals surface area contributed by atoms with E-state index in [4.69, 9.17) is 0 Å². The number of halogens is 2. The van der Waals surface area contributed by atoms with Crippen LogP contribution in [0.4, 0.5) is 4.39 Å². The maximum Gasteiger partial charge on any atom is 0.224 e. The van der Waals surface area contributed by atoms with E-state index >= 15 is 0 Å². The number of aliphatic hydroxyl groups is 1. The second-order valence-electron chi connectivity index (χ2n) is 4.11. The molecule has 18 heavy (non-hydrogen) atoms. The molecule has 0 spiro atoms. The third-order valence-electron chi connectivity index (χ3n) is 2.63. The van der Waals surface area contributed by atoms with Crippen LogP contribution in [-0.2, 0) is 11.2 Å². The van der Waals surface area contributed by atoms with Gasteiger partial charge in [0.05, 0.1) is 12.5 Å². The molecular formula is C13H17BrFNO2. The predicted molar refractivity (Wildman–Crippen MR) is 71.7 cm³/mol. The molecule has 0 radical (unpaired) electrons. The number of nitrogens with one attached hydrogen (secondary N) is 1. The first-order chi connectivity index (χ1) is 8.52. The van der Waals surface area contributed by atoms with E-state index in [2.05, 4.69) is 21.2 Å². The maximum absolute atomic E-state index is 13.0. The lowest BCUT2D eigenvalue weighted by molar-refractivity contribution is -0.120. The Morgan fingerprint density at radius 3 is 2.94 bits per heavy atom. The van der Waals surface area contributed by atoms with Crippen LogP contribution in [0, 0.1) is 5.82 Å². The SMILES string of the molecule is CCC(O)CCNC(=O)Cc1cc(F)ccc1Br. The molecule has 0 aromatic heterocycles. The minimum absolute atomic E-state index is 0.126. The Kier molecular flexibility index (Phi) is 6.29. The largest absolute Gasteiger partial charge is 0.393 e. The molecular weight excluding hydrogens is 301 g/mol. The van der Waals surface area contributed by atoms with Gasteiger partial charge in [-0.2, -0.15) is 0 Å². The van der Waals surface area contributed by atoms with Gasteiger partial charge in [-0.15, -0.1) is 0 Å². The Labute approximate surface area is 115 Å². The Balaban J connectivity index is 2.42. The number of hydrogen-bond acceptors (Lipinski definition) is 2. The average Bonchev–Trinajstić information content (AvgIpc) is 2.33. The summed E-state index contributed by atoms with van der Waals surface area (Å²) in [5, 5.41) is 12.0. The summed E-state index contributed by atoms with van der Waals surface area (Å²) in [6.45, 7) is 2.32. The molecule has 1 unspecified atom stereocenters. The van der Waals surface area contributed by atoms with Gasteiger partial charge in [0.25, 0.3) is 0 Å². The van der Waals surface area contributed by atoms with Crippen LogP contribution in [0.15, 0.2) is 22.7 Å². The minimum atomic E-state index is -0.383. The van der Waals surface area contributed by atoms with E-state index in [-0.39, 0.29) is 24.2 Å². The zero-order chi connectivity index (χ0) is 13.5. The van der Waals surface area contributed by atoms with E-state index in [0.717, 1.165) is 0 Å². The van der Waals surface area contributed by atoms with Crippen molar-refractivity contribution in [2.75, 3.05) is 6.54 Å². The highest BCUT2D eigenvalue weighted by molar-refractivity contribution is 9.10. The standard InChI is InChI=1S/C13H17BrFNO2/c1-2-11(17)5-6-16-13(18)8-9-7-10(15)3-4-12(9)14/h3-4,7,11,17H,2,5-6,8H2,1H3,(H,16,18). The number of carbonyl (C=O) groups is 1. The van der Waals surface area contributed by atoms with Crippen LogP contribution < -0.4 is 5.32 Å². The van der Waals surface area contributed by atoms with Gasteiger partial charge in [-0.25, -0.2) is 4.39 Å². The van der Waals surface area contributed by atoms with Crippen molar-refractivity contribution in [3.05, 3.63) is 34.1 Å². The van der Waals surface area contributed by atoms with Crippen molar-refractivity contribution in [1.29, 1.82) is 0 Å². The summed E-state index contributed by atoms with van der Waals surface area (Å²) >= 11 is 3.27. The number of benzene rings is 1. The predicted octanol–water partition coefficient (Wildman–Crippen LogP) is 2.41. The molecule has 5 heteroatoms. The lowest BCUT2D eigenvalue weighted by Crippen LogP contribution is -2.28. The molecule has 1 aromatic carbocycles. The van der Waals surface area contributed by atoms with Crippen molar-refractivity contribution in [3.8, 4) is 0 Å². The molecule has 0 aliphatic rings. The smallest absolute Gasteiger partial charge is 0.224 e. The van der Waals surface area contributed by atoms with E-state index < -0.39 is 0 Å². The molecule has 1 aromatic rings. The topological polar surface area (TPSA) is 49.3 Å². The molecule has 0 aliphatic carbocycles. The first-order valence-corrected chi connectivity index (χ1v) is 6.71. The third-order valence-corrected chi connectivity index (χ3v) is 3.40. The van der Waals surface area contributed by atoms with Gasteiger partial charge in [0, 0.05) is 11.0 Å². The fourth-order valence-corrected chi connectivity index (χ4v) is 1.88. The fourth-order valence-electron chi connectivity index (χ4n) is 1.50. The van der Waals surface area contributed by atoms with Gasteiger partial charge in [0.1, 0.15) is 5.82 Å². The van der Waals surface area contributed by atoms with Crippen molar-refractivity contribution in [3.63, 3.8) is 0 Å². The van der Waals surface area contributed by atoms with Crippen LogP contribution in [0.3, 0.4) is 0 Å². The highest BCUT2D eigenvalue weighted by Crippen LogP contribution is 2.18. The number of hydrogen-bond donors (Lipinski definition) is 2. The molecule has 2 N–H and O–H groups in total. The summed E-state index contributed by atoms with van der Waals surface area (Å²) in [7, 11) is 0. The van der Waals surface area contributed by atoms with E-state index in [1.807, 2.05) is 6.92 Å². The fraction of sp³-hybridized carbons (Fsp3) is 0.462. The van der Waals surface area contributed by atoms with Gasteiger partial charge in [0.15, 0.2) is 0 Å². The summed E-state index contributed by atoms with van der Waals surface area (Å²) in [5.41, 5.74) is 0.614. The number of carbonyl (C=O) groups excluding carboxylic acids is 1. The summed E-state index contributed by atoms with van der Waals surface area (Å²) < 4.78 is 13.7. The molecule has 1 atom stereocenters. The zero-order valence-electron chi connectivity index (χ0n) is 10.2. The Bertz CT molecular complexity index is 412. The molecule has 0 heterocycles. The number of aliphatic hydroxyl groups excluding tert-OH is 1. The normalized spacial score (nSPS) is 12.2. The van der Waals surface area contributed by atoms with E-state index in [0.29, 0.717) is 29.4 Å². The molecule has 0 fully saturated rings. The van der Waals surface area contributed by atoms with Crippen molar-refractivity contribution in [2.24, 2.45) is 0 Å². The summed E-state index contributed by atoms with van der Waals surface area (Å²) in [5.74, 6) is -0.535. The molecule has 0 saturated heterocycles. The van der Waals surface area contributed by atoms with Crippen molar-refractivity contribution >= 4 is 21.8 Å². The Morgan fingerprint density at radius 2 is 2.28 bits per heavy atom. The molecule has 0 aliphatic heterocycles. The summed E-state index contributed by atoms with van der Waals surface area (Å²) in [6.07, 6.45) is 0.949. The lowest BCUT2D eigenvalue weighted by atomic mass is 10.1. The van der Waals surface area contributed by atoms with Crippen LogP contribution in [-0.4, -0.2) is 23.7 Å². The van der Waals surface area contributed by atoms with Gasteiger partial charge >= 0.3 is 0 Å². The molecule has 100 valence electrons. The molecule has 3 nitrogen and oxygen atoms in total. The molecule has 0 saturated carbocycles. The van der Waals surface area contributed by atoms with E-state index in [9.17, 15) is 14.3 Å². The van der Waals surface area contributed by atoms with Crippen LogP contribution in [0.2, 0.25) is 0 Å². The second-order valence-corrected chi connectivity index (χ2v) is 4.97. The maximum atomic E-state index is 13.0. The first kappa shape index (κ1) is 15.1. The first-order valence-electron chi connectivity index (χ1n) is 5.91. The van der Waals surface area contributed by atoms with Crippen LogP contribution >= 0.6 is 15.9 Å². The number of rotatable bonds is 6. The number of amides is 1. The monoisotopic (exact) mass is 317 g/mol. The Hall–Kier alpha value is -0.940. The summed E-state index contributed by atoms with van der Waals surface area (Å²) in [4.78, 5) is 11.6. The summed E-state index contributed by atoms with van der Waals surface area (Å²) in [6, 6.07) is 4.26. The van der Waals surface area contributed by atoms with Crippen molar-refractivity contribution < 1.29 is 14.3 Å². The minimum Gasteiger partial charge on any atom is -0.393 e. The molecule has 1 rings (SSSR count). The average molecular weight is 318 g/mol. The molecule has 0 bridgehead atoms. The zero-order valence-corrected chi connectivity index (χ0v) is 11.8. The van der Waals surface area contributed by atoms with E-state index in [1.54, 1.807) is 6.07 Å². The van der Waals surface area contributed by atoms with Gasteiger partial charge in [-0.05, 0) is 36.6 Å². The van der Waals surface area contributed by atoms with Crippen LogP contribution in [0.25, 0.3) is 0 Å². The van der Waals surface area contributed by atoms with E-state index in [1.165, 1.54) is 12.1 Å². The third kappa shape index (κ3) is 5.14.